The molecule has 0 radical (unpaired) electrons. The Hall–Kier alpha value is -2.62. The zero-order valence-electron chi connectivity index (χ0n) is 13.4. The summed E-state index contributed by atoms with van der Waals surface area (Å²) in [6, 6.07) is 15.7. The highest BCUT2D eigenvalue weighted by Gasteiger charge is 2.24. The third kappa shape index (κ3) is 3.26. The number of likely N-dealkylation sites (N-methyl/N-ethyl adjacent to an activating group) is 1. The van der Waals surface area contributed by atoms with E-state index in [2.05, 4.69) is 5.32 Å². The van der Waals surface area contributed by atoms with Crippen molar-refractivity contribution in [2.24, 2.45) is 0 Å². The Balaban J connectivity index is 1.65. The fraction of sp³-hybridized carbons (Fsp3) is 0.263. The van der Waals surface area contributed by atoms with Gasteiger partial charge >= 0.3 is 0 Å². The summed E-state index contributed by atoms with van der Waals surface area (Å²) in [5, 5.41) is 3.01. The number of nitrogens with zero attached hydrogens (tertiary/aromatic N) is 1. The Labute approximate surface area is 136 Å². The summed E-state index contributed by atoms with van der Waals surface area (Å²) in [6.45, 7) is 1.98. The summed E-state index contributed by atoms with van der Waals surface area (Å²) < 4.78 is 0. The van der Waals surface area contributed by atoms with Gasteiger partial charge in [-0.15, -0.1) is 0 Å². The van der Waals surface area contributed by atoms with Crippen LogP contribution in [0.3, 0.4) is 0 Å². The molecule has 0 saturated carbocycles. The van der Waals surface area contributed by atoms with Crippen LogP contribution in [0.2, 0.25) is 0 Å². The summed E-state index contributed by atoms with van der Waals surface area (Å²) in [6.07, 6.45) is 0.740. The smallest absolute Gasteiger partial charge is 0.231 e. The van der Waals surface area contributed by atoms with E-state index in [0.717, 1.165) is 22.4 Å². The Morgan fingerprint density at radius 3 is 2.70 bits per heavy atom. The highest BCUT2D eigenvalue weighted by molar-refractivity contribution is 6.01. The van der Waals surface area contributed by atoms with Gasteiger partial charge in [0.2, 0.25) is 11.8 Å². The average Bonchev–Trinajstić information content (AvgIpc) is 2.82. The molecule has 2 aromatic rings. The summed E-state index contributed by atoms with van der Waals surface area (Å²) >= 11 is 0. The predicted molar refractivity (Wildman–Crippen MR) is 90.3 cm³/mol. The van der Waals surface area contributed by atoms with Crippen LogP contribution in [-0.4, -0.2) is 18.9 Å². The molecule has 0 fully saturated rings. The predicted octanol–water partition coefficient (Wildman–Crippen LogP) is 2.63. The van der Waals surface area contributed by atoms with E-state index in [1.54, 1.807) is 11.9 Å². The van der Waals surface area contributed by atoms with Crippen LogP contribution < -0.4 is 10.2 Å². The molecule has 1 aliphatic rings. The largest absolute Gasteiger partial charge is 0.349 e. The number of hydrogen-bond acceptors (Lipinski definition) is 2. The number of hydrogen-bond donors (Lipinski definition) is 1. The lowest BCUT2D eigenvalue weighted by Crippen LogP contribution is -2.28. The van der Waals surface area contributed by atoms with Gasteiger partial charge in [-0.1, -0.05) is 42.5 Å². The molecule has 0 spiro atoms. The van der Waals surface area contributed by atoms with Crippen molar-refractivity contribution in [3.8, 4) is 0 Å². The first-order chi connectivity index (χ1) is 11.0. The quantitative estimate of drug-likeness (QED) is 0.944. The van der Waals surface area contributed by atoms with Crippen LogP contribution in [0, 0.1) is 0 Å². The lowest BCUT2D eigenvalue weighted by molar-refractivity contribution is -0.121. The monoisotopic (exact) mass is 308 g/mol. The SMILES string of the molecule is CC(NC(=O)Cc1ccc2c(c1)CC(=O)N2C)c1ccccc1. The molecule has 0 bridgehead atoms. The van der Waals surface area contributed by atoms with E-state index in [-0.39, 0.29) is 17.9 Å². The molecular weight excluding hydrogens is 288 g/mol. The normalized spacial score (nSPS) is 14.5. The van der Waals surface area contributed by atoms with Crippen LogP contribution in [0.25, 0.3) is 0 Å². The fourth-order valence-corrected chi connectivity index (χ4v) is 2.94. The standard InChI is InChI=1S/C19H20N2O2/c1-13(15-6-4-3-5-7-15)20-18(22)11-14-8-9-17-16(10-14)12-19(23)21(17)2/h3-10,13H,11-12H2,1-2H3,(H,20,22). The van der Waals surface area contributed by atoms with Crippen LogP contribution in [0.1, 0.15) is 29.7 Å². The second-order valence-electron chi connectivity index (χ2n) is 5.97. The van der Waals surface area contributed by atoms with Crippen molar-refractivity contribution >= 4 is 17.5 Å². The molecule has 1 N–H and O–H groups in total. The van der Waals surface area contributed by atoms with Gasteiger partial charge in [0.15, 0.2) is 0 Å². The first kappa shape index (κ1) is 15.3. The Morgan fingerprint density at radius 1 is 1.22 bits per heavy atom. The lowest BCUT2D eigenvalue weighted by Gasteiger charge is -2.15. The highest BCUT2D eigenvalue weighted by Crippen LogP contribution is 2.28. The van der Waals surface area contributed by atoms with Crippen molar-refractivity contribution in [1.29, 1.82) is 0 Å². The van der Waals surface area contributed by atoms with Gasteiger partial charge in [0.1, 0.15) is 0 Å². The van der Waals surface area contributed by atoms with Gasteiger partial charge in [0, 0.05) is 12.7 Å². The Bertz CT molecular complexity index is 740. The molecule has 118 valence electrons. The first-order valence-corrected chi connectivity index (χ1v) is 7.77. The maximum absolute atomic E-state index is 12.2. The number of nitrogens with one attached hydrogen (secondary N) is 1. The molecule has 1 unspecified atom stereocenters. The minimum atomic E-state index is -0.0224. The summed E-state index contributed by atoms with van der Waals surface area (Å²) in [4.78, 5) is 25.6. The molecule has 4 heteroatoms. The highest BCUT2D eigenvalue weighted by atomic mass is 16.2. The number of carbonyl (C=O) groups is 2. The zero-order chi connectivity index (χ0) is 16.4. The van der Waals surface area contributed by atoms with Crippen molar-refractivity contribution in [2.75, 3.05) is 11.9 Å². The lowest BCUT2D eigenvalue weighted by atomic mass is 10.0. The molecule has 1 atom stereocenters. The van der Waals surface area contributed by atoms with E-state index >= 15 is 0 Å². The molecule has 0 saturated heterocycles. The molecule has 2 aromatic carbocycles. The van der Waals surface area contributed by atoms with Gasteiger partial charge < -0.3 is 10.2 Å². The van der Waals surface area contributed by atoms with E-state index < -0.39 is 0 Å². The summed E-state index contributed by atoms with van der Waals surface area (Å²) in [7, 11) is 1.78. The van der Waals surface area contributed by atoms with Crippen LogP contribution in [-0.2, 0) is 22.4 Å². The number of carbonyl (C=O) groups excluding carboxylic acids is 2. The van der Waals surface area contributed by atoms with Crippen LogP contribution in [0.15, 0.2) is 48.5 Å². The van der Waals surface area contributed by atoms with Crippen molar-refractivity contribution in [1.82, 2.24) is 5.32 Å². The van der Waals surface area contributed by atoms with E-state index in [4.69, 9.17) is 0 Å². The maximum Gasteiger partial charge on any atom is 0.231 e. The fourth-order valence-electron chi connectivity index (χ4n) is 2.94. The van der Waals surface area contributed by atoms with Crippen LogP contribution in [0.5, 0.6) is 0 Å². The maximum atomic E-state index is 12.2. The molecule has 0 aromatic heterocycles. The van der Waals surface area contributed by atoms with E-state index in [9.17, 15) is 9.59 Å². The van der Waals surface area contributed by atoms with Gasteiger partial charge in [0.05, 0.1) is 18.9 Å². The third-order valence-electron chi connectivity index (χ3n) is 4.26. The third-order valence-corrected chi connectivity index (χ3v) is 4.26. The molecular formula is C19H20N2O2. The van der Waals surface area contributed by atoms with E-state index in [1.165, 1.54) is 0 Å². The Kier molecular flexibility index (Phi) is 4.15. The summed E-state index contributed by atoms with van der Waals surface area (Å²) in [5.74, 6) is 0.0817. The molecule has 23 heavy (non-hydrogen) atoms. The number of benzene rings is 2. The van der Waals surface area contributed by atoms with E-state index in [0.29, 0.717) is 12.8 Å². The van der Waals surface area contributed by atoms with Crippen LogP contribution >= 0.6 is 0 Å². The van der Waals surface area contributed by atoms with Crippen LogP contribution in [0.4, 0.5) is 5.69 Å². The molecule has 2 amide bonds. The second-order valence-corrected chi connectivity index (χ2v) is 5.97. The van der Waals surface area contributed by atoms with Gasteiger partial charge in [-0.25, -0.2) is 0 Å². The Morgan fingerprint density at radius 2 is 1.96 bits per heavy atom. The van der Waals surface area contributed by atoms with Gasteiger partial charge in [-0.05, 0) is 29.7 Å². The zero-order valence-corrected chi connectivity index (χ0v) is 13.4. The number of amides is 2. The van der Waals surface area contributed by atoms with Gasteiger partial charge in [-0.2, -0.15) is 0 Å². The molecule has 0 aliphatic carbocycles. The molecule has 3 rings (SSSR count). The van der Waals surface area contributed by atoms with Crippen molar-refractivity contribution in [2.45, 2.75) is 25.8 Å². The molecule has 4 nitrogen and oxygen atoms in total. The first-order valence-electron chi connectivity index (χ1n) is 7.77. The van der Waals surface area contributed by atoms with E-state index in [1.807, 2.05) is 55.5 Å². The van der Waals surface area contributed by atoms with Crippen molar-refractivity contribution in [3.05, 3.63) is 65.2 Å². The van der Waals surface area contributed by atoms with Crippen molar-refractivity contribution in [3.63, 3.8) is 0 Å². The van der Waals surface area contributed by atoms with Crippen molar-refractivity contribution < 1.29 is 9.59 Å². The number of anilines is 1. The van der Waals surface area contributed by atoms with Gasteiger partial charge in [-0.3, -0.25) is 9.59 Å². The second kappa shape index (κ2) is 6.24. The van der Waals surface area contributed by atoms with Gasteiger partial charge in [0.25, 0.3) is 0 Å². The molecule has 1 aliphatic heterocycles. The topological polar surface area (TPSA) is 49.4 Å². The minimum absolute atomic E-state index is 0.0148. The number of fused-ring (bicyclic) bond motifs is 1. The summed E-state index contributed by atoms with van der Waals surface area (Å²) in [5.41, 5.74) is 3.96. The molecule has 1 heterocycles. The minimum Gasteiger partial charge on any atom is -0.349 e. The average molecular weight is 308 g/mol. The number of rotatable bonds is 4.